The lowest BCUT2D eigenvalue weighted by atomic mass is 10.2. The number of Topliss-reactive ketones (excluding diaryl/α,β-unsaturated/α-hetero) is 1. The maximum atomic E-state index is 12.0. The van der Waals surface area contributed by atoms with Crippen LogP contribution in [0, 0.1) is 10.1 Å². The van der Waals surface area contributed by atoms with Gasteiger partial charge in [0.25, 0.3) is 0 Å². The van der Waals surface area contributed by atoms with Crippen molar-refractivity contribution in [2.24, 2.45) is 0 Å². The molecule has 0 aliphatic carbocycles. The number of aryl methyl sites for hydroxylation is 1. The summed E-state index contributed by atoms with van der Waals surface area (Å²) in [5.74, 6) is -0.808. The van der Waals surface area contributed by atoms with Gasteiger partial charge in [-0.15, -0.1) is 0 Å². The first-order chi connectivity index (χ1) is 8.74. The Kier molecular flexibility index (Phi) is 4.62. The van der Waals surface area contributed by atoms with Gasteiger partial charge in [0.15, 0.2) is 18.2 Å². The number of nitro groups is 1. The van der Waals surface area contributed by atoms with Crippen molar-refractivity contribution in [3.05, 3.63) is 22.1 Å². The normalized spacial score (nSPS) is 11.6. The van der Waals surface area contributed by atoms with E-state index in [-0.39, 0.29) is 0 Å². The van der Waals surface area contributed by atoms with E-state index >= 15 is 0 Å². The van der Waals surface area contributed by atoms with Crippen LogP contribution in [0.1, 0.15) is 25.6 Å². The number of hydrogen-bond acceptors (Lipinski definition) is 4. The number of hydrogen-bond donors (Lipinski definition) is 0. The van der Waals surface area contributed by atoms with Crippen LogP contribution in [0.3, 0.4) is 0 Å². The average molecular weight is 279 g/mol. The molecule has 0 aliphatic rings. The Morgan fingerprint density at radius 3 is 2.63 bits per heavy atom. The van der Waals surface area contributed by atoms with Gasteiger partial charge in [0, 0.05) is 12.8 Å². The fraction of sp³-hybridized carbons (Fsp3) is 0.600. The smallest absolute Gasteiger partial charge is 0.358 e. The summed E-state index contributed by atoms with van der Waals surface area (Å²) in [4.78, 5) is 25.2. The molecule has 1 heterocycles. The highest BCUT2D eigenvalue weighted by Crippen LogP contribution is 2.22. The van der Waals surface area contributed by atoms with E-state index in [0.717, 1.165) is 10.8 Å². The van der Waals surface area contributed by atoms with Crippen molar-refractivity contribution in [2.45, 2.75) is 38.9 Å². The molecule has 0 aliphatic heterocycles. The first-order valence-electron chi connectivity index (χ1n) is 5.52. The predicted molar refractivity (Wildman–Crippen MR) is 58.6 cm³/mol. The van der Waals surface area contributed by atoms with E-state index < -0.39 is 42.1 Å². The predicted octanol–water partition coefficient (Wildman–Crippen LogP) is 2.27. The van der Waals surface area contributed by atoms with Gasteiger partial charge in [0.2, 0.25) is 0 Å². The molecule has 106 valence electrons. The lowest BCUT2D eigenvalue weighted by molar-refractivity contribution is -0.392. The highest BCUT2D eigenvalue weighted by molar-refractivity contribution is 5.78. The van der Waals surface area contributed by atoms with Crippen LogP contribution in [0.15, 0.2) is 6.20 Å². The van der Waals surface area contributed by atoms with Crippen molar-refractivity contribution in [2.75, 3.05) is 0 Å². The quantitative estimate of drug-likeness (QED) is 0.591. The summed E-state index contributed by atoms with van der Waals surface area (Å²) in [5.41, 5.74) is 0. The van der Waals surface area contributed by atoms with E-state index in [4.69, 9.17) is 0 Å². The maximum Gasteiger partial charge on any atom is 0.389 e. The largest absolute Gasteiger partial charge is 0.389 e. The molecule has 0 saturated heterocycles. The third-order valence-corrected chi connectivity index (χ3v) is 2.44. The topological polar surface area (TPSA) is 78.0 Å². The molecular weight excluding hydrogens is 267 g/mol. The van der Waals surface area contributed by atoms with Crippen LogP contribution < -0.4 is 0 Å². The summed E-state index contributed by atoms with van der Waals surface area (Å²) in [6, 6.07) is 0. The summed E-state index contributed by atoms with van der Waals surface area (Å²) in [7, 11) is 0. The van der Waals surface area contributed by atoms with E-state index in [2.05, 4.69) is 4.98 Å². The van der Waals surface area contributed by atoms with Crippen LogP contribution >= 0.6 is 0 Å². The first kappa shape index (κ1) is 15.1. The zero-order valence-electron chi connectivity index (χ0n) is 10.1. The second-order valence-electron chi connectivity index (χ2n) is 3.88. The molecule has 0 fully saturated rings. The number of ketones is 1. The van der Waals surface area contributed by atoms with E-state index in [1.807, 2.05) is 0 Å². The minimum Gasteiger partial charge on any atom is -0.358 e. The number of imidazole rings is 1. The van der Waals surface area contributed by atoms with Crippen molar-refractivity contribution in [3.63, 3.8) is 0 Å². The lowest BCUT2D eigenvalue weighted by Gasteiger charge is -2.06. The number of nitrogens with zero attached hydrogens (tertiary/aromatic N) is 3. The number of halogens is 3. The summed E-state index contributed by atoms with van der Waals surface area (Å²) in [5, 5.41) is 10.7. The molecule has 0 bridgehead atoms. The summed E-state index contributed by atoms with van der Waals surface area (Å²) >= 11 is 0. The van der Waals surface area contributed by atoms with Crippen LogP contribution in [0.4, 0.5) is 19.0 Å². The fourth-order valence-corrected chi connectivity index (χ4v) is 1.54. The SMILES string of the molecule is CCc1ncc([N+](=O)[O-])n1CC(=O)CCC(F)(F)F. The Hall–Kier alpha value is -1.93. The van der Waals surface area contributed by atoms with Gasteiger partial charge in [-0.2, -0.15) is 13.2 Å². The Bertz CT molecular complexity index is 482. The van der Waals surface area contributed by atoms with Gasteiger partial charge in [-0.3, -0.25) is 4.79 Å². The van der Waals surface area contributed by atoms with Gasteiger partial charge in [0.1, 0.15) is 6.20 Å². The minimum absolute atomic E-state index is 0.298. The molecule has 0 spiro atoms. The number of aromatic nitrogens is 2. The zero-order valence-corrected chi connectivity index (χ0v) is 10.1. The van der Waals surface area contributed by atoms with Crippen LogP contribution in [-0.2, 0) is 17.8 Å². The van der Waals surface area contributed by atoms with E-state index in [9.17, 15) is 28.1 Å². The molecule has 19 heavy (non-hydrogen) atoms. The molecule has 0 N–H and O–H groups in total. The van der Waals surface area contributed by atoms with Gasteiger partial charge >= 0.3 is 12.0 Å². The fourth-order valence-electron chi connectivity index (χ4n) is 1.54. The molecule has 1 aromatic heterocycles. The Labute approximate surface area is 106 Å². The minimum atomic E-state index is -4.41. The first-order valence-corrected chi connectivity index (χ1v) is 5.52. The lowest BCUT2D eigenvalue weighted by Crippen LogP contribution is -2.17. The van der Waals surface area contributed by atoms with Gasteiger partial charge in [0.05, 0.1) is 6.42 Å². The van der Waals surface area contributed by atoms with Gasteiger partial charge < -0.3 is 10.1 Å². The molecule has 1 rings (SSSR count). The molecule has 1 aromatic rings. The Morgan fingerprint density at radius 1 is 1.53 bits per heavy atom. The second-order valence-corrected chi connectivity index (χ2v) is 3.88. The van der Waals surface area contributed by atoms with Gasteiger partial charge in [-0.05, 0) is 4.92 Å². The van der Waals surface area contributed by atoms with E-state index in [0.29, 0.717) is 12.2 Å². The number of carbonyl (C=O) groups excluding carboxylic acids is 1. The standard InChI is InChI=1S/C10H12F3N3O3/c1-2-8-14-5-9(16(18)19)15(8)6-7(17)3-4-10(11,12)13/h5H,2-4,6H2,1H3. The summed E-state index contributed by atoms with van der Waals surface area (Å²) < 4.78 is 36.9. The van der Waals surface area contributed by atoms with Crippen molar-refractivity contribution >= 4 is 11.6 Å². The number of carbonyl (C=O) groups is 1. The van der Waals surface area contributed by atoms with Crippen molar-refractivity contribution < 1.29 is 22.9 Å². The van der Waals surface area contributed by atoms with Gasteiger partial charge in [-0.1, -0.05) is 6.92 Å². The van der Waals surface area contributed by atoms with Crippen LogP contribution in [-0.4, -0.2) is 26.4 Å². The summed E-state index contributed by atoms with van der Waals surface area (Å²) in [6.45, 7) is 1.22. The number of rotatable bonds is 6. The van der Waals surface area contributed by atoms with Crippen LogP contribution in [0.25, 0.3) is 0 Å². The molecule has 6 nitrogen and oxygen atoms in total. The van der Waals surface area contributed by atoms with Crippen molar-refractivity contribution in [1.82, 2.24) is 9.55 Å². The van der Waals surface area contributed by atoms with Crippen LogP contribution in [0.5, 0.6) is 0 Å². The van der Waals surface area contributed by atoms with E-state index in [1.54, 1.807) is 6.92 Å². The maximum absolute atomic E-state index is 12.0. The molecule has 0 aromatic carbocycles. The van der Waals surface area contributed by atoms with Crippen molar-refractivity contribution in [3.8, 4) is 0 Å². The summed E-state index contributed by atoms with van der Waals surface area (Å²) in [6.07, 6.45) is -4.99. The Morgan fingerprint density at radius 2 is 2.16 bits per heavy atom. The monoisotopic (exact) mass is 279 g/mol. The third-order valence-electron chi connectivity index (χ3n) is 2.44. The molecule has 0 radical (unpaired) electrons. The zero-order chi connectivity index (χ0) is 14.6. The molecule has 0 saturated carbocycles. The van der Waals surface area contributed by atoms with Gasteiger partial charge in [-0.25, -0.2) is 9.55 Å². The molecule has 0 amide bonds. The van der Waals surface area contributed by atoms with E-state index in [1.165, 1.54) is 0 Å². The second kappa shape index (κ2) is 5.81. The molecular formula is C10H12F3N3O3. The molecule has 0 atom stereocenters. The highest BCUT2D eigenvalue weighted by Gasteiger charge is 2.29. The molecule has 0 unspecified atom stereocenters. The van der Waals surface area contributed by atoms with Crippen LogP contribution in [0.2, 0.25) is 0 Å². The number of alkyl halides is 3. The average Bonchev–Trinajstić information content (AvgIpc) is 2.68. The van der Waals surface area contributed by atoms with Crippen molar-refractivity contribution in [1.29, 1.82) is 0 Å². The highest BCUT2D eigenvalue weighted by atomic mass is 19.4. The third kappa shape index (κ3) is 4.34. The Balaban J connectivity index is 2.78. The molecule has 9 heteroatoms.